The van der Waals surface area contributed by atoms with Gasteiger partial charge in [-0.05, 0) is 50.5 Å². The topological polar surface area (TPSA) is 50.4 Å². The first-order chi connectivity index (χ1) is 10.2. The van der Waals surface area contributed by atoms with Gasteiger partial charge in [0.1, 0.15) is 0 Å². The molecule has 0 unspecified atom stereocenters. The van der Waals surface area contributed by atoms with E-state index in [-0.39, 0.29) is 5.91 Å². The van der Waals surface area contributed by atoms with Gasteiger partial charge in [-0.15, -0.1) is 0 Å². The Morgan fingerprint density at radius 3 is 2.76 bits per heavy atom. The summed E-state index contributed by atoms with van der Waals surface area (Å²) in [6.45, 7) is 6.13. The molecule has 1 amide bonds. The molecule has 1 aliphatic rings. The molecular weight excluding hydrogens is 264 g/mol. The normalized spacial score (nSPS) is 15.1. The first-order valence-electron chi connectivity index (χ1n) is 7.95. The third kappa shape index (κ3) is 4.74. The largest absolute Gasteiger partial charge is 0.385 e. The molecular formula is C17H26N2O2. The average molecular weight is 290 g/mol. The second-order valence-corrected chi connectivity index (χ2v) is 5.59. The number of hydrogen-bond acceptors (Lipinski definition) is 3. The highest BCUT2D eigenvalue weighted by atomic mass is 16.5. The Hall–Kier alpha value is -1.55. The van der Waals surface area contributed by atoms with Crippen LogP contribution in [0.3, 0.4) is 0 Å². The van der Waals surface area contributed by atoms with Crippen molar-refractivity contribution in [3.05, 3.63) is 29.3 Å². The number of aryl methyl sites for hydroxylation is 1. The summed E-state index contributed by atoms with van der Waals surface area (Å²) < 4.78 is 5.74. The van der Waals surface area contributed by atoms with Crippen molar-refractivity contribution in [2.24, 2.45) is 0 Å². The molecule has 1 saturated carbocycles. The Bertz CT molecular complexity index is 468. The zero-order valence-electron chi connectivity index (χ0n) is 13.1. The molecule has 0 spiro atoms. The molecule has 0 heterocycles. The molecule has 1 fully saturated rings. The maximum absolute atomic E-state index is 12.1. The molecule has 116 valence electrons. The zero-order valence-corrected chi connectivity index (χ0v) is 13.1. The predicted molar refractivity (Wildman–Crippen MR) is 85.9 cm³/mol. The molecule has 21 heavy (non-hydrogen) atoms. The number of carbonyl (C=O) groups is 1. The van der Waals surface area contributed by atoms with Crippen molar-refractivity contribution < 1.29 is 9.53 Å². The third-order valence-corrected chi connectivity index (χ3v) is 3.90. The Balaban J connectivity index is 1.75. The zero-order chi connectivity index (χ0) is 15.1. The Kier molecular flexibility index (Phi) is 6.05. The van der Waals surface area contributed by atoms with E-state index in [4.69, 9.17) is 4.74 Å². The number of ether oxygens (including phenoxy) is 1. The van der Waals surface area contributed by atoms with Gasteiger partial charge in [0, 0.05) is 24.3 Å². The molecule has 0 saturated heterocycles. The molecule has 4 nitrogen and oxygen atoms in total. The van der Waals surface area contributed by atoms with E-state index >= 15 is 0 Å². The van der Waals surface area contributed by atoms with Crippen molar-refractivity contribution >= 4 is 11.6 Å². The van der Waals surface area contributed by atoms with Crippen LogP contribution in [-0.4, -0.2) is 31.7 Å². The number of rotatable bonds is 7. The summed E-state index contributed by atoms with van der Waals surface area (Å²) in [5.41, 5.74) is 2.88. The highest BCUT2D eigenvalue weighted by Crippen LogP contribution is 2.20. The summed E-state index contributed by atoms with van der Waals surface area (Å²) in [5.74, 6) is -0.0313. The van der Waals surface area contributed by atoms with Crippen LogP contribution in [-0.2, 0) is 4.74 Å². The van der Waals surface area contributed by atoms with Crippen molar-refractivity contribution in [1.29, 1.82) is 0 Å². The Morgan fingerprint density at radius 2 is 2.10 bits per heavy atom. The number of nitrogens with one attached hydrogen (secondary N) is 2. The molecule has 0 atom stereocenters. The van der Waals surface area contributed by atoms with Crippen LogP contribution in [0.2, 0.25) is 0 Å². The van der Waals surface area contributed by atoms with Gasteiger partial charge in [0.15, 0.2) is 0 Å². The van der Waals surface area contributed by atoms with Crippen molar-refractivity contribution in [1.82, 2.24) is 5.32 Å². The lowest BCUT2D eigenvalue weighted by molar-refractivity contribution is 0.0582. The SMILES string of the molecule is CCNc1ccc(C(=O)NCCOC2CCCC2)cc1C. The van der Waals surface area contributed by atoms with Crippen molar-refractivity contribution in [2.45, 2.75) is 45.6 Å². The fraction of sp³-hybridized carbons (Fsp3) is 0.588. The molecule has 1 aromatic rings. The standard InChI is InChI=1S/C17H26N2O2/c1-3-18-16-9-8-14(12-13(16)2)17(20)19-10-11-21-15-6-4-5-7-15/h8-9,12,15,18H,3-7,10-11H2,1-2H3,(H,19,20). The van der Waals surface area contributed by atoms with Gasteiger partial charge in [-0.2, -0.15) is 0 Å². The molecule has 4 heteroatoms. The van der Waals surface area contributed by atoms with Crippen LogP contribution in [0, 0.1) is 6.92 Å². The highest BCUT2D eigenvalue weighted by Gasteiger charge is 2.15. The molecule has 2 rings (SSSR count). The molecule has 0 aromatic heterocycles. The summed E-state index contributed by atoms with van der Waals surface area (Å²) in [5, 5.41) is 6.19. The van der Waals surface area contributed by atoms with E-state index in [1.54, 1.807) is 0 Å². The molecule has 1 aliphatic carbocycles. The van der Waals surface area contributed by atoms with Crippen molar-refractivity contribution in [3.63, 3.8) is 0 Å². The summed E-state index contributed by atoms with van der Waals surface area (Å²) in [6, 6.07) is 5.74. The predicted octanol–water partition coefficient (Wildman–Crippen LogP) is 3.12. The third-order valence-electron chi connectivity index (χ3n) is 3.90. The maximum Gasteiger partial charge on any atom is 0.251 e. The molecule has 2 N–H and O–H groups in total. The first-order valence-corrected chi connectivity index (χ1v) is 7.95. The lowest BCUT2D eigenvalue weighted by Crippen LogP contribution is -2.28. The first kappa shape index (κ1) is 15.8. The quantitative estimate of drug-likeness (QED) is 0.759. The smallest absolute Gasteiger partial charge is 0.251 e. The van der Waals surface area contributed by atoms with E-state index in [9.17, 15) is 4.79 Å². The van der Waals surface area contributed by atoms with E-state index in [0.717, 1.165) is 17.8 Å². The van der Waals surface area contributed by atoms with E-state index in [1.807, 2.05) is 25.1 Å². The fourth-order valence-corrected chi connectivity index (χ4v) is 2.74. The summed E-state index contributed by atoms with van der Waals surface area (Å²) >= 11 is 0. The van der Waals surface area contributed by atoms with Crippen LogP contribution in [0.5, 0.6) is 0 Å². The molecule has 1 aromatic carbocycles. The Morgan fingerprint density at radius 1 is 1.33 bits per heavy atom. The minimum Gasteiger partial charge on any atom is -0.385 e. The number of amides is 1. The van der Waals surface area contributed by atoms with E-state index in [0.29, 0.717) is 24.8 Å². The van der Waals surface area contributed by atoms with Crippen molar-refractivity contribution in [3.8, 4) is 0 Å². The van der Waals surface area contributed by atoms with Crippen LogP contribution in [0.25, 0.3) is 0 Å². The minimum atomic E-state index is -0.0313. The summed E-state index contributed by atoms with van der Waals surface area (Å²) in [7, 11) is 0. The van der Waals surface area contributed by atoms with Crippen LogP contribution in [0.4, 0.5) is 5.69 Å². The van der Waals surface area contributed by atoms with Gasteiger partial charge in [-0.25, -0.2) is 0 Å². The lowest BCUT2D eigenvalue weighted by atomic mass is 10.1. The fourth-order valence-electron chi connectivity index (χ4n) is 2.74. The number of carbonyl (C=O) groups excluding carboxylic acids is 1. The van der Waals surface area contributed by atoms with Gasteiger partial charge >= 0.3 is 0 Å². The van der Waals surface area contributed by atoms with Crippen LogP contribution in [0.1, 0.15) is 48.5 Å². The van der Waals surface area contributed by atoms with E-state index in [2.05, 4.69) is 17.6 Å². The number of benzene rings is 1. The molecule has 0 radical (unpaired) electrons. The second kappa shape index (κ2) is 8.03. The molecule has 0 aliphatic heterocycles. The van der Waals surface area contributed by atoms with Gasteiger partial charge in [0.25, 0.3) is 5.91 Å². The highest BCUT2D eigenvalue weighted by molar-refractivity contribution is 5.94. The van der Waals surface area contributed by atoms with Crippen LogP contribution < -0.4 is 10.6 Å². The molecule has 0 bridgehead atoms. The maximum atomic E-state index is 12.1. The van der Waals surface area contributed by atoms with Crippen molar-refractivity contribution in [2.75, 3.05) is 25.0 Å². The lowest BCUT2D eigenvalue weighted by Gasteiger charge is -2.12. The van der Waals surface area contributed by atoms with E-state index in [1.165, 1.54) is 25.7 Å². The van der Waals surface area contributed by atoms with Crippen LogP contribution in [0.15, 0.2) is 18.2 Å². The summed E-state index contributed by atoms with van der Waals surface area (Å²) in [4.78, 5) is 12.1. The van der Waals surface area contributed by atoms with Gasteiger partial charge < -0.3 is 15.4 Å². The van der Waals surface area contributed by atoms with Gasteiger partial charge in [0.2, 0.25) is 0 Å². The second-order valence-electron chi connectivity index (χ2n) is 5.59. The van der Waals surface area contributed by atoms with Crippen LogP contribution >= 0.6 is 0 Å². The van der Waals surface area contributed by atoms with Gasteiger partial charge in [-0.1, -0.05) is 12.8 Å². The average Bonchev–Trinajstić information content (AvgIpc) is 2.99. The number of anilines is 1. The van der Waals surface area contributed by atoms with Gasteiger partial charge in [-0.3, -0.25) is 4.79 Å². The monoisotopic (exact) mass is 290 g/mol. The minimum absolute atomic E-state index is 0.0313. The number of hydrogen-bond donors (Lipinski definition) is 2. The van der Waals surface area contributed by atoms with E-state index < -0.39 is 0 Å². The summed E-state index contributed by atoms with van der Waals surface area (Å²) in [6.07, 6.45) is 5.28. The van der Waals surface area contributed by atoms with Gasteiger partial charge in [0.05, 0.1) is 12.7 Å². The Labute approximate surface area is 127 Å².